The van der Waals surface area contributed by atoms with Gasteiger partial charge in [-0.1, -0.05) is 151 Å². The molecule has 12 heteroatoms. The Morgan fingerprint density at radius 3 is 1.00 bits per heavy atom. The van der Waals surface area contributed by atoms with Crippen molar-refractivity contribution < 1.29 is 19.2 Å². The number of fused-ring (bicyclic) bond motifs is 6. The minimum absolute atomic E-state index is 0.0747. The Morgan fingerprint density at radius 2 is 0.667 bits per heavy atom. The summed E-state index contributed by atoms with van der Waals surface area (Å²) in [5.74, 6) is -1.44. The fourth-order valence-electron chi connectivity index (χ4n) is 16.2. The Balaban J connectivity index is 0.853. The first kappa shape index (κ1) is 65.9. The van der Waals surface area contributed by atoms with E-state index in [2.05, 4.69) is 255 Å². The monoisotopic (exact) mass is 1370 g/mol. The number of hydrogen-bond donors (Lipinski definition) is 0. The van der Waals surface area contributed by atoms with Gasteiger partial charge in [-0.3, -0.25) is 29.0 Å². The maximum absolute atomic E-state index is 16.0. The predicted molar refractivity (Wildman–Crippen MR) is 426 cm³/mol. The zero-order chi connectivity index (χ0) is 69.9. The molecule has 0 aliphatic carbocycles. The van der Waals surface area contributed by atoms with Crippen LogP contribution in [0.4, 0.5) is 34.1 Å². The van der Waals surface area contributed by atoms with Crippen LogP contribution in [0, 0.1) is 11.8 Å². The van der Waals surface area contributed by atoms with Crippen LogP contribution < -0.4 is 9.80 Å². The zero-order valence-corrected chi connectivity index (χ0v) is 60.3. The lowest BCUT2D eigenvalue weighted by molar-refractivity contribution is 0.0559. The molecule has 0 bridgehead atoms. The maximum atomic E-state index is 16.0. The van der Waals surface area contributed by atoms with Gasteiger partial charge in [0.1, 0.15) is 0 Å². The van der Waals surface area contributed by atoms with Crippen LogP contribution >= 0.6 is 22.7 Å². The summed E-state index contributed by atoms with van der Waals surface area (Å²) < 4.78 is 4.76. The van der Waals surface area contributed by atoms with Crippen LogP contribution in [0.1, 0.15) is 134 Å². The summed E-state index contributed by atoms with van der Waals surface area (Å²) in [5, 5.41) is 5.31. The van der Waals surface area contributed by atoms with Gasteiger partial charge in [-0.25, -0.2) is 0 Å². The number of imide groups is 2. The third kappa shape index (κ3) is 11.4. The number of thiophene rings is 2. The summed E-state index contributed by atoms with van der Waals surface area (Å²) >= 11 is 3.15. The van der Waals surface area contributed by atoms with Crippen molar-refractivity contribution in [2.75, 3.05) is 22.9 Å². The van der Waals surface area contributed by atoms with E-state index in [0.717, 1.165) is 173 Å². The average Bonchev–Trinajstić information content (AvgIpc) is 0.759. The van der Waals surface area contributed by atoms with Crippen molar-refractivity contribution in [1.82, 2.24) is 18.9 Å². The number of anilines is 6. The first-order valence-corrected chi connectivity index (χ1v) is 38.2. The molecule has 2 atom stereocenters. The summed E-state index contributed by atoms with van der Waals surface area (Å²) in [7, 11) is 0. The van der Waals surface area contributed by atoms with Gasteiger partial charge < -0.3 is 18.9 Å². The normalized spacial score (nSPS) is 13.6. The minimum Gasteiger partial charge on any atom is -0.341 e. The summed E-state index contributed by atoms with van der Waals surface area (Å²) in [6.45, 7) is 15.1. The van der Waals surface area contributed by atoms with E-state index in [1.807, 2.05) is 36.4 Å². The Kier molecular flexibility index (Phi) is 17.9. The summed E-state index contributed by atoms with van der Waals surface area (Å²) in [6, 6.07) is 81.1. The van der Waals surface area contributed by atoms with Gasteiger partial charge in [-0.15, -0.1) is 22.7 Å². The quantitative estimate of drug-likeness (QED) is 0.0560. The van der Waals surface area contributed by atoms with E-state index >= 15 is 19.2 Å². The van der Waals surface area contributed by atoms with Crippen LogP contribution in [-0.4, -0.2) is 55.7 Å². The van der Waals surface area contributed by atoms with Crippen LogP contribution in [0.15, 0.2) is 231 Å². The van der Waals surface area contributed by atoms with E-state index in [1.165, 1.54) is 9.80 Å². The van der Waals surface area contributed by atoms with Crippen LogP contribution in [-0.2, 0) is 13.1 Å². The number of benzene rings is 10. The predicted octanol–water partition coefficient (Wildman–Crippen LogP) is 24.5. The molecule has 0 spiro atoms. The fraction of sp³-hybridized carbons (Fsp3) is 0.222. The number of aromatic nitrogens is 2. The highest BCUT2D eigenvalue weighted by molar-refractivity contribution is 7.19. The lowest BCUT2D eigenvalue weighted by Gasteiger charge is -2.36. The van der Waals surface area contributed by atoms with E-state index < -0.39 is 23.6 Å². The van der Waals surface area contributed by atoms with Crippen molar-refractivity contribution in [3.63, 3.8) is 0 Å². The molecular formula is C90H82N6O4S2. The Labute approximate surface area is 604 Å². The largest absolute Gasteiger partial charge is 0.341 e. The van der Waals surface area contributed by atoms with Gasteiger partial charge in [0, 0.05) is 156 Å². The molecule has 14 aromatic rings. The van der Waals surface area contributed by atoms with Crippen molar-refractivity contribution in [1.29, 1.82) is 0 Å². The molecule has 6 heterocycles. The first-order chi connectivity index (χ1) is 50.0. The van der Waals surface area contributed by atoms with Crippen LogP contribution in [0.2, 0.25) is 0 Å². The molecule has 2 aliphatic heterocycles. The SMILES string of the molecule is CCCCC(CC)CN1C(=O)c2cc(-c3ccc(-c4ccc5c(c4)c4cc(N(c6ccccc6)c6ccccc6)ccc4n5CC)s3)c3c4c(cc(-c5ccc(-c6ccc7c(c6)c6cc(N(c8ccccc8)c8ccccc8)ccc6n7CC)s5)c(c24)C1=O)C(=O)N(CC(CC)CCCC)C3=O. The molecule has 16 rings (SSSR count). The number of unbranched alkanes of at least 4 members (excludes halogenated alkanes) is 2. The van der Waals surface area contributed by atoms with Crippen LogP contribution in [0.5, 0.6) is 0 Å². The zero-order valence-electron chi connectivity index (χ0n) is 58.7. The Morgan fingerprint density at radius 1 is 0.333 bits per heavy atom. The molecule has 10 nitrogen and oxygen atoms in total. The van der Waals surface area contributed by atoms with Crippen molar-refractivity contribution in [3.8, 4) is 41.8 Å². The van der Waals surface area contributed by atoms with E-state index in [1.54, 1.807) is 22.7 Å². The number of hydrogen-bond acceptors (Lipinski definition) is 8. The number of carbonyl (C=O) groups is 4. The summed E-state index contributed by atoms with van der Waals surface area (Å²) in [5.41, 5.74) is 15.5. The van der Waals surface area contributed by atoms with Gasteiger partial charge >= 0.3 is 0 Å². The molecule has 0 N–H and O–H groups in total. The van der Waals surface area contributed by atoms with Gasteiger partial charge in [0.05, 0.1) is 11.1 Å². The lowest BCUT2D eigenvalue weighted by Crippen LogP contribution is -2.46. The average molecular weight is 1380 g/mol. The molecule has 0 fully saturated rings. The molecule has 2 aliphatic rings. The van der Waals surface area contributed by atoms with Gasteiger partial charge in [0.25, 0.3) is 23.6 Å². The molecular weight excluding hydrogens is 1290 g/mol. The first-order valence-electron chi connectivity index (χ1n) is 36.5. The number of rotatable bonds is 24. The van der Waals surface area contributed by atoms with E-state index in [-0.39, 0.29) is 24.9 Å². The molecule has 4 amide bonds. The third-order valence-electron chi connectivity index (χ3n) is 21.5. The van der Waals surface area contributed by atoms with Gasteiger partial charge in [0.15, 0.2) is 0 Å². The number of aryl methyl sites for hydroxylation is 2. The smallest absolute Gasteiger partial charge is 0.262 e. The topological polar surface area (TPSA) is 91.1 Å². The molecule has 2 unspecified atom stereocenters. The number of nitrogens with zero attached hydrogens (tertiary/aromatic N) is 6. The molecule has 0 saturated heterocycles. The number of carbonyl (C=O) groups excluding carboxylic acids is 4. The molecule has 10 aromatic carbocycles. The highest BCUT2D eigenvalue weighted by Crippen LogP contribution is 2.51. The van der Waals surface area contributed by atoms with Gasteiger partial charge in [-0.2, -0.15) is 0 Å². The Bertz CT molecular complexity index is 5150. The molecule has 0 saturated carbocycles. The van der Waals surface area contributed by atoms with Gasteiger partial charge in [0.2, 0.25) is 0 Å². The second kappa shape index (κ2) is 27.7. The van der Waals surface area contributed by atoms with Gasteiger partial charge in [-0.05, 0) is 195 Å². The summed E-state index contributed by atoms with van der Waals surface area (Å²) in [4.78, 5) is 74.9. The minimum atomic E-state index is -0.400. The van der Waals surface area contributed by atoms with E-state index in [4.69, 9.17) is 0 Å². The Hall–Kier alpha value is -10.7. The standard InChI is InChI=1S/C90H82N6O4S2/c1-7-13-27-57(9-3)55-93-87(97)73-53-72(82-48-46-80(102-82)60-38-42-76-68(50-60)70-52-66(40-44-78(70)92(76)12-6)96(63-33-23-17-24-34-63)64-35-25-18-26-36-64)86-84-74(88(98)94(90(86)100)56-58(10-4)28-14-8-2)54-71(85(83(73)84)89(93)99)81-47-45-79(101-81)59-37-41-75-67(49-59)69-51-65(39-43-77(69)91(75)11-5)95(61-29-19-15-20-30-61)62-31-21-16-22-32-62/h15-26,29-54,57-58H,7-14,27-28,55-56H2,1-6H3. The fourth-order valence-corrected chi connectivity index (χ4v) is 18.2. The number of para-hydroxylation sites is 4. The highest BCUT2D eigenvalue weighted by Gasteiger charge is 2.44. The second-order valence-corrected chi connectivity index (χ2v) is 29.6. The van der Waals surface area contributed by atoms with Crippen molar-refractivity contribution in [2.24, 2.45) is 11.8 Å². The van der Waals surface area contributed by atoms with Crippen LogP contribution in [0.3, 0.4) is 0 Å². The molecule has 508 valence electrons. The third-order valence-corrected chi connectivity index (χ3v) is 23.8. The van der Waals surface area contributed by atoms with E-state index in [9.17, 15) is 0 Å². The second-order valence-electron chi connectivity index (χ2n) is 27.4. The maximum Gasteiger partial charge on any atom is 0.262 e. The van der Waals surface area contributed by atoms with Crippen molar-refractivity contribution in [2.45, 2.75) is 106 Å². The molecule has 0 radical (unpaired) electrons. The lowest BCUT2D eigenvalue weighted by atomic mass is 9.80. The van der Waals surface area contributed by atoms with E-state index in [0.29, 0.717) is 44.2 Å². The van der Waals surface area contributed by atoms with Crippen LogP contribution in [0.25, 0.3) is 96.1 Å². The molecule has 4 aromatic heterocycles. The number of amides is 4. The van der Waals surface area contributed by atoms with Crippen molar-refractivity contribution >= 4 is 135 Å². The molecule has 102 heavy (non-hydrogen) atoms. The summed E-state index contributed by atoms with van der Waals surface area (Å²) in [6.07, 6.45) is 7.27. The highest BCUT2D eigenvalue weighted by atomic mass is 32.1. The van der Waals surface area contributed by atoms with Crippen molar-refractivity contribution in [3.05, 3.63) is 253 Å².